The van der Waals surface area contributed by atoms with E-state index in [1.807, 2.05) is 56.3 Å². The lowest BCUT2D eigenvalue weighted by atomic mass is 9.92. The smallest absolute Gasteiger partial charge is 0.325 e. The molecule has 1 fully saturated rings. The molecule has 0 bridgehead atoms. The number of hydrogen-bond acceptors (Lipinski definition) is 4. The molecule has 4 amide bonds. The largest absolute Gasteiger partial charge is 0.356 e. The summed E-state index contributed by atoms with van der Waals surface area (Å²) in [5.41, 5.74) is 0.808. The average molecular weight is 493 g/mol. The van der Waals surface area contributed by atoms with Crippen molar-refractivity contribution < 1.29 is 23.2 Å². The zero-order valence-electron chi connectivity index (χ0n) is 20.1. The molecule has 1 aliphatic heterocycles. The second-order valence-corrected chi connectivity index (χ2v) is 8.97. The number of nitrogens with one attached hydrogen (secondary N) is 2. The fourth-order valence-electron chi connectivity index (χ4n) is 4.18. The van der Waals surface area contributed by atoms with Crippen LogP contribution in [0.4, 0.5) is 30.6 Å². The van der Waals surface area contributed by atoms with Gasteiger partial charge in [0.15, 0.2) is 11.6 Å². The number of benzene rings is 3. The molecular weight excluding hydrogens is 466 g/mol. The monoisotopic (exact) mass is 492 g/mol. The number of imide groups is 1. The molecule has 0 saturated carbocycles. The lowest BCUT2D eigenvalue weighted by molar-refractivity contribution is -0.134. The van der Waals surface area contributed by atoms with Crippen molar-refractivity contribution in [2.75, 3.05) is 16.8 Å². The second kappa shape index (κ2) is 9.77. The number of carbonyl (C=O) groups is 3. The van der Waals surface area contributed by atoms with E-state index in [1.54, 1.807) is 12.1 Å². The van der Waals surface area contributed by atoms with Crippen molar-refractivity contribution in [2.24, 2.45) is 0 Å². The molecular formula is C27H26F2N4O3. The van der Waals surface area contributed by atoms with Gasteiger partial charge in [-0.1, -0.05) is 24.3 Å². The maximum atomic E-state index is 13.8. The summed E-state index contributed by atoms with van der Waals surface area (Å²) < 4.78 is 27.2. The van der Waals surface area contributed by atoms with E-state index in [0.717, 1.165) is 28.4 Å². The Hall–Kier alpha value is -4.27. The lowest BCUT2D eigenvalue weighted by Crippen LogP contribution is -2.46. The fraction of sp³-hybridized carbons (Fsp3) is 0.222. The molecule has 7 nitrogen and oxygen atoms in total. The predicted octanol–water partition coefficient (Wildman–Crippen LogP) is 4.92. The SMILES string of the molecule is CC(C)N(C(=O)CN1C(=O)NC(C)(c2ccc(F)c(F)c2)C1=O)c1ccc(Nc2ccccc2)cc1. The van der Waals surface area contributed by atoms with Gasteiger partial charge in [0, 0.05) is 23.1 Å². The molecule has 0 aliphatic carbocycles. The number of carbonyl (C=O) groups excluding carboxylic acids is 3. The Kier molecular flexibility index (Phi) is 6.74. The number of halogens is 2. The highest BCUT2D eigenvalue weighted by Crippen LogP contribution is 2.30. The molecule has 1 saturated heterocycles. The van der Waals surface area contributed by atoms with Crippen molar-refractivity contribution in [1.29, 1.82) is 0 Å². The van der Waals surface area contributed by atoms with E-state index in [4.69, 9.17) is 0 Å². The number of amides is 4. The first-order chi connectivity index (χ1) is 17.1. The van der Waals surface area contributed by atoms with Crippen LogP contribution in [0.5, 0.6) is 0 Å². The Morgan fingerprint density at radius 3 is 2.22 bits per heavy atom. The molecule has 1 unspecified atom stereocenters. The minimum absolute atomic E-state index is 0.0805. The van der Waals surface area contributed by atoms with Crippen LogP contribution in [0.3, 0.4) is 0 Å². The first-order valence-electron chi connectivity index (χ1n) is 11.4. The van der Waals surface area contributed by atoms with Gasteiger partial charge in [0.25, 0.3) is 5.91 Å². The summed E-state index contributed by atoms with van der Waals surface area (Å²) in [6, 6.07) is 18.8. The van der Waals surface area contributed by atoms with Crippen molar-refractivity contribution in [1.82, 2.24) is 10.2 Å². The topological polar surface area (TPSA) is 81.8 Å². The number of rotatable bonds is 7. The van der Waals surface area contributed by atoms with Gasteiger partial charge < -0.3 is 15.5 Å². The van der Waals surface area contributed by atoms with Gasteiger partial charge in [0.1, 0.15) is 12.1 Å². The number of nitrogens with zero attached hydrogens (tertiary/aromatic N) is 2. The third-order valence-corrected chi connectivity index (χ3v) is 6.06. The highest BCUT2D eigenvalue weighted by atomic mass is 19.2. The van der Waals surface area contributed by atoms with Gasteiger partial charge >= 0.3 is 6.03 Å². The van der Waals surface area contributed by atoms with E-state index in [-0.39, 0.29) is 11.6 Å². The maximum Gasteiger partial charge on any atom is 0.325 e. The van der Waals surface area contributed by atoms with E-state index in [1.165, 1.54) is 17.9 Å². The number of urea groups is 1. The minimum atomic E-state index is -1.63. The summed E-state index contributed by atoms with van der Waals surface area (Å²) in [5.74, 6) is -3.39. The van der Waals surface area contributed by atoms with Gasteiger partial charge in [-0.15, -0.1) is 0 Å². The zero-order valence-corrected chi connectivity index (χ0v) is 20.1. The first kappa shape index (κ1) is 24.8. The Labute approximate surface area is 207 Å². The second-order valence-electron chi connectivity index (χ2n) is 8.97. The van der Waals surface area contributed by atoms with Crippen LogP contribution < -0.4 is 15.5 Å². The van der Waals surface area contributed by atoms with Gasteiger partial charge in [-0.2, -0.15) is 0 Å². The summed E-state index contributed by atoms with van der Waals surface area (Å²) >= 11 is 0. The molecule has 0 aromatic heterocycles. The van der Waals surface area contributed by atoms with E-state index in [9.17, 15) is 23.2 Å². The van der Waals surface area contributed by atoms with Gasteiger partial charge in [-0.05, 0) is 74.9 Å². The van der Waals surface area contributed by atoms with Crippen molar-refractivity contribution in [3.63, 3.8) is 0 Å². The molecule has 0 radical (unpaired) electrons. The van der Waals surface area contributed by atoms with Crippen LogP contribution in [-0.4, -0.2) is 35.3 Å². The van der Waals surface area contributed by atoms with Crippen molar-refractivity contribution in [3.8, 4) is 0 Å². The van der Waals surface area contributed by atoms with Crippen molar-refractivity contribution >= 4 is 34.9 Å². The summed E-state index contributed by atoms with van der Waals surface area (Å²) in [5, 5.41) is 5.78. The van der Waals surface area contributed by atoms with Crippen molar-refractivity contribution in [3.05, 3.63) is 90.0 Å². The molecule has 186 valence electrons. The van der Waals surface area contributed by atoms with Gasteiger partial charge in [-0.3, -0.25) is 14.5 Å². The van der Waals surface area contributed by atoms with Crippen molar-refractivity contribution in [2.45, 2.75) is 32.4 Å². The van der Waals surface area contributed by atoms with Crippen LogP contribution in [0, 0.1) is 11.6 Å². The Morgan fingerprint density at radius 1 is 0.972 bits per heavy atom. The van der Waals surface area contributed by atoms with E-state index in [0.29, 0.717) is 5.69 Å². The van der Waals surface area contributed by atoms with Crippen LogP contribution in [0.2, 0.25) is 0 Å². The third kappa shape index (κ3) is 4.77. The lowest BCUT2D eigenvalue weighted by Gasteiger charge is -2.29. The molecule has 36 heavy (non-hydrogen) atoms. The molecule has 1 atom stereocenters. The van der Waals surface area contributed by atoms with E-state index >= 15 is 0 Å². The van der Waals surface area contributed by atoms with Crippen LogP contribution in [0.1, 0.15) is 26.3 Å². The maximum absolute atomic E-state index is 13.8. The third-order valence-electron chi connectivity index (χ3n) is 6.06. The fourth-order valence-corrected chi connectivity index (χ4v) is 4.18. The Balaban J connectivity index is 1.51. The van der Waals surface area contributed by atoms with Crippen LogP contribution in [0.25, 0.3) is 0 Å². The number of hydrogen-bond donors (Lipinski definition) is 2. The average Bonchev–Trinajstić information content (AvgIpc) is 3.06. The van der Waals surface area contributed by atoms with Gasteiger partial charge in [0.2, 0.25) is 5.91 Å². The summed E-state index contributed by atoms with van der Waals surface area (Å²) in [7, 11) is 0. The van der Waals surface area contributed by atoms with Gasteiger partial charge in [-0.25, -0.2) is 13.6 Å². The van der Waals surface area contributed by atoms with Crippen LogP contribution >= 0.6 is 0 Å². The molecule has 4 rings (SSSR count). The molecule has 1 heterocycles. The normalized spacial score (nSPS) is 17.3. The highest BCUT2D eigenvalue weighted by Gasteiger charge is 2.50. The highest BCUT2D eigenvalue weighted by molar-refractivity contribution is 6.10. The van der Waals surface area contributed by atoms with Gasteiger partial charge in [0.05, 0.1) is 0 Å². The van der Waals surface area contributed by atoms with E-state index < -0.39 is 41.6 Å². The summed E-state index contributed by atoms with van der Waals surface area (Å²) in [6.07, 6.45) is 0. The summed E-state index contributed by atoms with van der Waals surface area (Å²) in [4.78, 5) is 41.4. The predicted molar refractivity (Wildman–Crippen MR) is 133 cm³/mol. The zero-order chi connectivity index (χ0) is 26.0. The number of anilines is 3. The summed E-state index contributed by atoms with van der Waals surface area (Å²) in [6.45, 7) is 4.53. The minimum Gasteiger partial charge on any atom is -0.356 e. The molecule has 3 aromatic rings. The Bertz CT molecular complexity index is 1300. The van der Waals surface area contributed by atoms with Crippen LogP contribution in [-0.2, 0) is 15.1 Å². The first-order valence-corrected chi connectivity index (χ1v) is 11.4. The molecule has 2 N–H and O–H groups in total. The molecule has 9 heteroatoms. The quantitative estimate of drug-likeness (QED) is 0.459. The van der Waals surface area contributed by atoms with E-state index in [2.05, 4.69) is 10.6 Å². The number of para-hydroxylation sites is 1. The van der Waals surface area contributed by atoms with Crippen LogP contribution in [0.15, 0.2) is 72.8 Å². The Morgan fingerprint density at radius 2 is 1.61 bits per heavy atom. The standard InChI is InChI=1S/C27H26F2N4O3/c1-17(2)33(21-12-10-20(11-13-21)30-19-7-5-4-6-8-19)24(34)16-32-25(35)27(3,31-26(32)36)18-9-14-22(28)23(29)15-18/h4-15,17,30H,16H2,1-3H3,(H,31,36). The molecule has 3 aromatic carbocycles. The molecule has 1 aliphatic rings. The molecule has 0 spiro atoms.